The summed E-state index contributed by atoms with van der Waals surface area (Å²) in [6, 6.07) is 8.12. The Labute approximate surface area is 72.3 Å². The lowest BCUT2D eigenvalue weighted by Crippen LogP contribution is -2.09. The van der Waals surface area contributed by atoms with Crippen molar-refractivity contribution < 1.29 is 0 Å². The van der Waals surface area contributed by atoms with Crippen molar-refractivity contribution in [1.29, 1.82) is 0 Å². The van der Waals surface area contributed by atoms with Crippen LogP contribution < -0.4 is 5.32 Å². The summed E-state index contributed by atoms with van der Waals surface area (Å²) in [5.41, 5.74) is 2.18. The van der Waals surface area contributed by atoms with E-state index in [9.17, 15) is 0 Å². The fourth-order valence-electron chi connectivity index (χ4n) is 1.27. The van der Waals surface area contributed by atoms with E-state index in [1.54, 1.807) is 0 Å². The molecule has 1 heterocycles. The summed E-state index contributed by atoms with van der Waals surface area (Å²) < 4.78 is 0. The zero-order valence-corrected chi connectivity index (χ0v) is 7.12. The minimum absolute atomic E-state index is 0.511. The number of hydrogen-bond donors (Lipinski definition) is 1. The molecule has 1 aromatic rings. The van der Waals surface area contributed by atoms with Gasteiger partial charge in [-0.15, -0.1) is 0 Å². The van der Waals surface area contributed by atoms with E-state index < -0.39 is 0 Å². The van der Waals surface area contributed by atoms with Gasteiger partial charge in [0, 0.05) is 18.7 Å². The molecule has 1 aromatic carbocycles. The van der Waals surface area contributed by atoms with Gasteiger partial charge in [-0.25, -0.2) is 0 Å². The highest BCUT2D eigenvalue weighted by Gasteiger charge is 2.05. The molecule has 0 aliphatic carbocycles. The van der Waals surface area contributed by atoms with Gasteiger partial charge in [-0.1, -0.05) is 19.1 Å². The second-order valence-corrected chi connectivity index (χ2v) is 3.15. The molecule has 1 N–H and O–H groups in total. The van der Waals surface area contributed by atoms with Crippen LogP contribution in [0.5, 0.6) is 0 Å². The molecule has 2 rings (SSSR count). The Hall–Kier alpha value is -1.31. The van der Waals surface area contributed by atoms with E-state index in [2.05, 4.69) is 23.3 Å². The molecule has 62 valence electrons. The molecule has 0 radical (unpaired) electrons. The first-order chi connectivity index (χ1) is 5.86. The highest BCUT2D eigenvalue weighted by Crippen LogP contribution is 2.25. The number of aliphatic imine (C=N–C) groups is 1. The summed E-state index contributed by atoms with van der Waals surface area (Å²) in [6.45, 7) is 3.13. The molecular formula is C10H12N2. The second-order valence-electron chi connectivity index (χ2n) is 3.15. The smallest absolute Gasteiger partial charge is 0.0857 e. The number of anilines is 1. The van der Waals surface area contributed by atoms with Gasteiger partial charge >= 0.3 is 0 Å². The molecule has 1 atom stereocenters. The van der Waals surface area contributed by atoms with E-state index in [4.69, 9.17) is 0 Å². The highest BCUT2D eigenvalue weighted by atomic mass is 14.9. The maximum Gasteiger partial charge on any atom is 0.0857 e. The number of fused-ring (bicyclic) bond motifs is 1. The fraction of sp³-hybridized carbons (Fsp3) is 0.300. The van der Waals surface area contributed by atoms with Crippen LogP contribution in [0.4, 0.5) is 11.4 Å². The maximum absolute atomic E-state index is 4.38. The molecule has 0 saturated heterocycles. The van der Waals surface area contributed by atoms with Crippen molar-refractivity contribution >= 4 is 17.6 Å². The monoisotopic (exact) mass is 160 g/mol. The van der Waals surface area contributed by atoms with E-state index in [1.165, 1.54) is 0 Å². The summed E-state index contributed by atoms with van der Waals surface area (Å²) in [5, 5.41) is 3.35. The zero-order valence-electron chi connectivity index (χ0n) is 7.12. The van der Waals surface area contributed by atoms with Gasteiger partial charge in [0.05, 0.1) is 11.4 Å². The van der Waals surface area contributed by atoms with E-state index in [0.29, 0.717) is 5.92 Å². The lowest BCUT2D eigenvalue weighted by molar-refractivity contribution is 0.840. The lowest BCUT2D eigenvalue weighted by Gasteiger charge is -2.06. The number of benzene rings is 1. The third kappa shape index (κ3) is 1.33. The molecule has 0 fully saturated rings. The first-order valence-electron chi connectivity index (χ1n) is 4.23. The Balaban J connectivity index is 2.39. The SMILES string of the molecule is CC1C=Nc2ccccc2NC1. The molecule has 1 aliphatic heterocycles. The second kappa shape index (κ2) is 2.97. The van der Waals surface area contributed by atoms with Gasteiger partial charge in [-0.2, -0.15) is 0 Å². The van der Waals surface area contributed by atoms with Crippen LogP contribution in [0.1, 0.15) is 6.92 Å². The van der Waals surface area contributed by atoms with Crippen molar-refractivity contribution in [3.8, 4) is 0 Å². The Kier molecular flexibility index (Phi) is 1.82. The van der Waals surface area contributed by atoms with Crippen molar-refractivity contribution in [1.82, 2.24) is 0 Å². The van der Waals surface area contributed by atoms with Crippen molar-refractivity contribution in [2.45, 2.75) is 6.92 Å². The Morgan fingerprint density at radius 1 is 1.42 bits per heavy atom. The number of para-hydroxylation sites is 2. The standard InChI is InChI=1S/C10H12N2/c1-8-6-11-9-4-2-3-5-10(9)12-7-8/h2-6,8,12H,7H2,1H3. The Bertz CT molecular complexity index is 304. The van der Waals surface area contributed by atoms with Crippen molar-refractivity contribution in [2.75, 3.05) is 11.9 Å². The molecule has 1 unspecified atom stereocenters. The van der Waals surface area contributed by atoms with Crippen molar-refractivity contribution in [3.05, 3.63) is 24.3 Å². The van der Waals surface area contributed by atoms with Crippen molar-refractivity contribution in [3.63, 3.8) is 0 Å². The summed E-state index contributed by atoms with van der Waals surface area (Å²) in [7, 11) is 0. The Morgan fingerprint density at radius 2 is 2.25 bits per heavy atom. The summed E-state index contributed by atoms with van der Waals surface area (Å²) in [4.78, 5) is 4.38. The summed E-state index contributed by atoms with van der Waals surface area (Å²) in [6.07, 6.45) is 2.00. The maximum atomic E-state index is 4.38. The predicted octanol–water partition coefficient (Wildman–Crippen LogP) is 2.45. The van der Waals surface area contributed by atoms with Gasteiger partial charge in [0.15, 0.2) is 0 Å². The van der Waals surface area contributed by atoms with E-state index in [-0.39, 0.29) is 0 Å². The lowest BCUT2D eigenvalue weighted by atomic mass is 10.2. The quantitative estimate of drug-likeness (QED) is 0.619. The van der Waals surface area contributed by atoms with Gasteiger partial charge in [-0.3, -0.25) is 4.99 Å². The third-order valence-electron chi connectivity index (χ3n) is 1.99. The predicted molar refractivity (Wildman–Crippen MR) is 52.2 cm³/mol. The molecule has 2 heteroatoms. The molecule has 0 amide bonds. The first kappa shape index (κ1) is 7.35. The largest absolute Gasteiger partial charge is 0.383 e. The molecule has 0 saturated carbocycles. The van der Waals surface area contributed by atoms with Crippen LogP contribution in [-0.4, -0.2) is 12.8 Å². The molecule has 0 spiro atoms. The van der Waals surface area contributed by atoms with Gasteiger partial charge in [-0.05, 0) is 12.1 Å². The molecule has 12 heavy (non-hydrogen) atoms. The normalized spacial score (nSPS) is 20.9. The topological polar surface area (TPSA) is 24.4 Å². The van der Waals surface area contributed by atoms with Crippen molar-refractivity contribution in [2.24, 2.45) is 10.9 Å². The summed E-state index contributed by atoms with van der Waals surface area (Å²) in [5.74, 6) is 0.511. The van der Waals surface area contributed by atoms with Crippen LogP contribution in [0.2, 0.25) is 0 Å². The Morgan fingerprint density at radius 3 is 3.17 bits per heavy atom. The molecular weight excluding hydrogens is 148 g/mol. The number of rotatable bonds is 0. The first-order valence-corrected chi connectivity index (χ1v) is 4.23. The average molecular weight is 160 g/mol. The van der Waals surface area contributed by atoms with Crippen LogP contribution in [0.15, 0.2) is 29.3 Å². The van der Waals surface area contributed by atoms with Gasteiger partial charge in [0.2, 0.25) is 0 Å². The van der Waals surface area contributed by atoms with Crippen LogP contribution in [0.3, 0.4) is 0 Å². The number of hydrogen-bond acceptors (Lipinski definition) is 2. The molecule has 0 aromatic heterocycles. The van der Waals surface area contributed by atoms with Gasteiger partial charge in [0.25, 0.3) is 0 Å². The number of nitrogens with zero attached hydrogens (tertiary/aromatic N) is 1. The number of nitrogens with one attached hydrogen (secondary N) is 1. The minimum atomic E-state index is 0.511. The molecule has 1 aliphatic rings. The highest BCUT2D eigenvalue weighted by molar-refractivity contribution is 5.76. The van der Waals surface area contributed by atoms with Crippen LogP contribution in [-0.2, 0) is 0 Å². The van der Waals surface area contributed by atoms with Gasteiger partial charge < -0.3 is 5.32 Å². The molecule has 0 bridgehead atoms. The van der Waals surface area contributed by atoms with E-state index >= 15 is 0 Å². The summed E-state index contributed by atoms with van der Waals surface area (Å²) >= 11 is 0. The van der Waals surface area contributed by atoms with Crippen LogP contribution in [0, 0.1) is 5.92 Å². The van der Waals surface area contributed by atoms with E-state index in [1.807, 2.05) is 24.4 Å². The van der Waals surface area contributed by atoms with Crippen LogP contribution in [0.25, 0.3) is 0 Å². The molecule has 2 nitrogen and oxygen atoms in total. The van der Waals surface area contributed by atoms with E-state index in [0.717, 1.165) is 17.9 Å². The fourth-order valence-corrected chi connectivity index (χ4v) is 1.27. The average Bonchev–Trinajstić information content (AvgIpc) is 2.29. The van der Waals surface area contributed by atoms with Gasteiger partial charge in [0.1, 0.15) is 0 Å². The minimum Gasteiger partial charge on any atom is -0.383 e. The van der Waals surface area contributed by atoms with Crippen LogP contribution >= 0.6 is 0 Å². The third-order valence-corrected chi connectivity index (χ3v) is 1.99. The zero-order chi connectivity index (χ0) is 8.39.